The number of nitrogens with zero attached hydrogens (tertiary/aromatic N) is 2. The van der Waals surface area contributed by atoms with E-state index in [4.69, 9.17) is 5.11 Å². The summed E-state index contributed by atoms with van der Waals surface area (Å²) < 4.78 is 25.5. The normalized spacial score (nSPS) is 12.3. The smallest absolute Gasteiger partial charge is 0.318 e. The molecule has 1 aromatic rings. The molecule has 0 aliphatic heterocycles. The Morgan fingerprint density at radius 2 is 2.16 bits per heavy atom. The van der Waals surface area contributed by atoms with E-state index in [9.17, 15) is 13.2 Å². The van der Waals surface area contributed by atoms with Gasteiger partial charge >= 0.3 is 5.97 Å². The van der Waals surface area contributed by atoms with E-state index < -0.39 is 22.5 Å². The van der Waals surface area contributed by atoms with E-state index in [2.05, 4.69) is 9.97 Å². The molecule has 0 aliphatic rings. The lowest BCUT2D eigenvalue weighted by molar-refractivity contribution is -0.137. The Bertz CT molecular complexity index is 536. The summed E-state index contributed by atoms with van der Waals surface area (Å²) in [6.45, 7) is 5.17. The molecule has 0 saturated heterocycles. The van der Waals surface area contributed by atoms with Crippen LogP contribution >= 0.6 is 0 Å². The number of imidazole rings is 1. The van der Waals surface area contributed by atoms with Crippen LogP contribution in [0.1, 0.15) is 38.9 Å². The van der Waals surface area contributed by atoms with Crippen LogP contribution in [-0.2, 0) is 14.8 Å². The van der Waals surface area contributed by atoms with Crippen molar-refractivity contribution in [2.45, 2.75) is 38.1 Å². The van der Waals surface area contributed by atoms with Crippen LogP contribution in [-0.4, -0.2) is 46.9 Å². The predicted octanol–water partition coefficient (Wildman–Crippen LogP) is 1.02. The van der Waals surface area contributed by atoms with Crippen molar-refractivity contribution >= 4 is 16.0 Å². The molecule has 0 aromatic carbocycles. The molecule has 0 bridgehead atoms. The number of sulfonamides is 1. The highest BCUT2D eigenvalue weighted by atomic mass is 32.2. The van der Waals surface area contributed by atoms with E-state index in [1.807, 2.05) is 13.8 Å². The summed E-state index contributed by atoms with van der Waals surface area (Å²) in [6.07, 6.45) is 1.77. The minimum absolute atomic E-state index is 0.0640. The number of aliphatic carboxylic acids is 1. The number of carboxylic acids is 1. The molecule has 19 heavy (non-hydrogen) atoms. The maximum absolute atomic E-state index is 12.3. The summed E-state index contributed by atoms with van der Waals surface area (Å²) in [4.78, 5) is 17.5. The summed E-state index contributed by atoms with van der Waals surface area (Å²) in [5.74, 6) is -0.547. The van der Waals surface area contributed by atoms with Crippen LogP contribution in [0.25, 0.3) is 0 Å². The van der Waals surface area contributed by atoms with E-state index in [1.165, 1.54) is 6.20 Å². The number of rotatable bonds is 7. The summed E-state index contributed by atoms with van der Waals surface area (Å²) in [6, 6.07) is 0. The molecule has 0 unspecified atom stereocenters. The average molecular weight is 289 g/mol. The van der Waals surface area contributed by atoms with Crippen molar-refractivity contribution in [3.8, 4) is 0 Å². The lowest BCUT2D eigenvalue weighted by Crippen LogP contribution is -2.36. The van der Waals surface area contributed by atoms with Crippen molar-refractivity contribution in [3.05, 3.63) is 12.0 Å². The number of hydrogen-bond donors (Lipinski definition) is 2. The molecule has 0 radical (unpaired) electrons. The molecule has 0 atom stereocenters. The fraction of sp³-hybridized carbons (Fsp3) is 0.636. The number of carboxylic acid groups (broad SMARTS) is 1. The zero-order valence-electron chi connectivity index (χ0n) is 11.3. The van der Waals surface area contributed by atoms with Gasteiger partial charge < -0.3 is 10.1 Å². The van der Waals surface area contributed by atoms with Crippen LogP contribution < -0.4 is 0 Å². The predicted molar refractivity (Wildman–Crippen MR) is 69.4 cm³/mol. The molecule has 0 fully saturated rings. The van der Waals surface area contributed by atoms with Crippen molar-refractivity contribution in [2.75, 3.05) is 13.1 Å². The van der Waals surface area contributed by atoms with E-state index in [0.29, 0.717) is 12.2 Å². The number of carbonyl (C=O) groups is 1. The fourth-order valence-corrected chi connectivity index (χ4v) is 2.97. The van der Waals surface area contributed by atoms with Gasteiger partial charge in [0.2, 0.25) is 0 Å². The first kappa shape index (κ1) is 15.6. The van der Waals surface area contributed by atoms with Gasteiger partial charge in [-0.2, -0.15) is 4.31 Å². The second kappa shape index (κ2) is 6.16. The van der Waals surface area contributed by atoms with Gasteiger partial charge in [-0.15, -0.1) is 0 Å². The Labute approximate surface area is 112 Å². The third-order valence-corrected chi connectivity index (χ3v) is 4.28. The fourth-order valence-electron chi connectivity index (χ4n) is 1.57. The number of hydrogen-bond acceptors (Lipinski definition) is 4. The first-order chi connectivity index (χ1) is 8.78. The number of aromatic amines is 1. The van der Waals surface area contributed by atoms with E-state index in [1.54, 1.807) is 6.92 Å². The molecule has 0 amide bonds. The largest absolute Gasteiger partial charge is 0.480 e. The van der Waals surface area contributed by atoms with Gasteiger partial charge in [0.05, 0.1) is 6.20 Å². The standard InChI is InChI=1S/C11H19N3O4S/c1-4-5-14(7-10(15)16)19(17,18)9-6-12-11(13-9)8(2)3/h6,8H,4-5,7H2,1-3H3,(H,12,13)(H,15,16). The third-order valence-electron chi connectivity index (χ3n) is 2.52. The molecule has 2 N–H and O–H groups in total. The Morgan fingerprint density at radius 3 is 2.58 bits per heavy atom. The van der Waals surface area contributed by atoms with E-state index in [0.717, 1.165) is 4.31 Å². The van der Waals surface area contributed by atoms with Gasteiger partial charge in [-0.3, -0.25) is 4.79 Å². The topological polar surface area (TPSA) is 103 Å². The minimum Gasteiger partial charge on any atom is -0.480 e. The Hall–Kier alpha value is -1.41. The Morgan fingerprint density at radius 1 is 1.53 bits per heavy atom. The molecule has 8 heteroatoms. The lowest BCUT2D eigenvalue weighted by atomic mass is 10.2. The second-order valence-corrected chi connectivity index (χ2v) is 6.43. The monoisotopic (exact) mass is 289 g/mol. The van der Waals surface area contributed by atoms with Crippen LogP contribution in [0.5, 0.6) is 0 Å². The van der Waals surface area contributed by atoms with Gasteiger partial charge in [-0.1, -0.05) is 20.8 Å². The zero-order chi connectivity index (χ0) is 14.6. The highest BCUT2D eigenvalue weighted by molar-refractivity contribution is 7.89. The van der Waals surface area contributed by atoms with Gasteiger partial charge in [0.15, 0.2) is 5.03 Å². The molecule has 1 aromatic heterocycles. The molecular formula is C11H19N3O4S. The quantitative estimate of drug-likeness (QED) is 0.780. The zero-order valence-corrected chi connectivity index (χ0v) is 12.1. The number of nitrogens with one attached hydrogen (secondary N) is 1. The number of H-pyrrole nitrogens is 1. The van der Waals surface area contributed by atoms with Gasteiger partial charge in [0.25, 0.3) is 10.0 Å². The van der Waals surface area contributed by atoms with Crippen LogP contribution in [0.15, 0.2) is 11.2 Å². The highest BCUT2D eigenvalue weighted by Crippen LogP contribution is 2.17. The summed E-state index contributed by atoms with van der Waals surface area (Å²) in [7, 11) is -3.84. The SMILES string of the molecule is CCCN(CC(=O)O)S(=O)(=O)c1cnc(C(C)C)[nH]1. The van der Waals surface area contributed by atoms with Crippen molar-refractivity contribution in [1.82, 2.24) is 14.3 Å². The summed E-state index contributed by atoms with van der Waals surface area (Å²) in [5.41, 5.74) is 0. The van der Waals surface area contributed by atoms with Crippen LogP contribution in [0.4, 0.5) is 0 Å². The third kappa shape index (κ3) is 3.77. The van der Waals surface area contributed by atoms with Gasteiger partial charge in [-0.05, 0) is 6.42 Å². The molecule has 0 spiro atoms. The molecular weight excluding hydrogens is 270 g/mol. The molecule has 1 rings (SSSR count). The molecule has 0 saturated carbocycles. The maximum Gasteiger partial charge on any atom is 0.318 e. The maximum atomic E-state index is 12.3. The second-order valence-electron chi connectivity index (χ2n) is 4.52. The van der Waals surface area contributed by atoms with Crippen molar-refractivity contribution in [1.29, 1.82) is 0 Å². The van der Waals surface area contributed by atoms with Crippen LogP contribution in [0.2, 0.25) is 0 Å². The van der Waals surface area contributed by atoms with Crippen LogP contribution in [0.3, 0.4) is 0 Å². The van der Waals surface area contributed by atoms with Crippen LogP contribution in [0, 0.1) is 0 Å². The molecule has 1 heterocycles. The minimum atomic E-state index is -3.84. The summed E-state index contributed by atoms with van der Waals surface area (Å²) in [5, 5.41) is 8.72. The van der Waals surface area contributed by atoms with Crippen molar-refractivity contribution < 1.29 is 18.3 Å². The number of aromatic nitrogens is 2. The Kier molecular flexibility index (Phi) is 5.07. The van der Waals surface area contributed by atoms with Gasteiger partial charge in [-0.25, -0.2) is 13.4 Å². The average Bonchev–Trinajstić information content (AvgIpc) is 2.77. The summed E-state index contributed by atoms with van der Waals surface area (Å²) >= 11 is 0. The molecule has 7 nitrogen and oxygen atoms in total. The highest BCUT2D eigenvalue weighted by Gasteiger charge is 2.27. The van der Waals surface area contributed by atoms with Crippen molar-refractivity contribution in [3.63, 3.8) is 0 Å². The van der Waals surface area contributed by atoms with E-state index in [-0.39, 0.29) is 17.5 Å². The Balaban J connectivity index is 3.07. The first-order valence-corrected chi connectivity index (χ1v) is 7.49. The lowest BCUT2D eigenvalue weighted by Gasteiger charge is -2.18. The first-order valence-electron chi connectivity index (χ1n) is 6.05. The van der Waals surface area contributed by atoms with Crippen molar-refractivity contribution in [2.24, 2.45) is 0 Å². The van der Waals surface area contributed by atoms with Gasteiger partial charge in [0.1, 0.15) is 12.4 Å². The van der Waals surface area contributed by atoms with E-state index >= 15 is 0 Å². The molecule has 0 aliphatic carbocycles. The molecule has 108 valence electrons. The van der Waals surface area contributed by atoms with Gasteiger partial charge in [0, 0.05) is 12.5 Å².